The zero-order valence-electron chi connectivity index (χ0n) is 14.9. The normalized spacial score (nSPS) is 11.8. The first kappa shape index (κ1) is 19.7. The summed E-state index contributed by atoms with van der Waals surface area (Å²) < 4.78 is 14.0. The third kappa shape index (κ3) is 7.19. The van der Waals surface area contributed by atoms with E-state index in [1.54, 1.807) is 0 Å². The summed E-state index contributed by atoms with van der Waals surface area (Å²) in [5.74, 6) is -1.85. The number of hydrogen-bond acceptors (Lipinski definition) is 1. The maximum atomic E-state index is 14.0. The molecular formula is C19H32FNO2. The summed E-state index contributed by atoms with van der Waals surface area (Å²) in [6.07, 6.45) is 13.4. The Bertz CT molecular complexity index is 480. The Hall–Kier alpha value is -1.32. The zero-order valence-corrected chi connectivity index (χ0v) is 14.9. The number of unbranched alkanes of at least 4 members (excludes halogenated alkanes) is 7. The smallest absolute Gasteiger partial charge is 0.355 e. The van der Waals surface area contributed by atoms with Gasteiger partial charge < -0.3 is 10.1 Å². The molecule has 4 heteroatoms. The highest BCUT2D eigenvalue weighted by atomic mass is 19.1. The minimum Gasteiger partial charge on any atom is -0.476 e. The predicted molar refractivity (Wildman–Crippen MR) is 92.4 cm³/mol. The van der Waals surface area contributed by atoms with Crippen molar-refractivity contribution < 1.29 is 14.3 Å². The van der Waals surface area contributed by atoms with Crippen molar-refractivity contribution in [3.63, 3.8) is 0 Å². The number of hydrogen-bond donors (Lipinski definition) is 2. The molecule has 0 aliphatic heterocycles. The van der Waals surface area contributed by atoms with Crippen molar-refractivity contribution in [1.82, 2.24) is 4.98 Å². The van der Waals surface area contributed by atoms with Crippen LogP contribution in [0.3, 0.4) is 0 Å². The molecule has 0 radical (unpaired) electrons. The van der Waals surface area contributed by atoms with Gasteiger partial charge in [-0.25, -0.2) is 9.18 Å². The molecule has 0 saturated carbocycles. The van der Waals surface area contributed by atoms with Crippen LogP contribution in [0, 0.1) is 11.2 Å². The molecule has 2 N–H and O–H groups in total. The highest BCUT2D eigenvalue weighted by molar-refractivity contribution is 5.86. The van der Waals surface area contributed by atoms with Gasteiger partial charge in [0.25, 0.3) is 0 Å². The minimum atomic E-state index is -1.24. The first-order chi connectivity index (χ1) is 10.9. The first-order valence-corrected chi connectivity index (χ1v) is 8.96. The van der Waals surface area contributed by atoms with E-state index in [0.717, 1.165) is 12.8 Å². The summed E-state index contributed by atoms with van der Waals surface area (Å²) in [5, 5.41) is 8.88. The minimum absolute atomic E-state index is 0.0129. The molecule has 0 amide bonds. The fourth-order valence-electron chi connectivity index (χ4n) is 3.07. The van der Waals surface area contributed by atoms with E-state index in [9.17, 15) is 9.18 Å². The van der Waals surface area contributed by atoms with Crippen LogP contribution in [-0.4, -0.2) is 16.1 Å². The number of aromatic nitrogens is 1. The van der Waals surface area contributed by atoms with Crippen LogP contribution in [-0.2, 0) is 6.42 Å². The number of nitrogens with one attached hydrogen (secondary N) is 1. The molecule has 0 aromatic carbocycles. The van der Waals surface area contributed by atoms with E-state index in [1.165, 1.54) is 51.1 Å². The van der Waals surface area contributed by atoms with Gasteiger partial charge in [-0.2, -0.15) is 0 Å². The molecule has 1 rings (SSSR count). The fraction of sp³-hybridized carbons (Fsp3) is 0.737. The second-order valence-corrected chi connectivity index (χ2v) is 7.37. The summed E-state index contributed by atoms with van der Waals surface area (Å²) in [7, 11) is 0. The Morgan fingerprint density at radius 3 is 2.22 bits per heavy atom. The Kier molecular flexibility index (Phi) is 8.35. The maximum Gasteiger partial charge on any atom is 0.355 e. The molecule has 0 bridgehead atoms. The van der Waals surface area contributed by atoms with Gasteiger partial charge in [0.1, 0.15) is 0 Å². The summed E-state index contributed by atoms with van der Waals surface area (Å²) >= 11 is 0. The van der Waals surface area contributed by atoms with Crippen molar-refractivity contribution in [1.29, 1.82) is 0 Å². The molecule has 0 aliphatic carbocycles. The quantitative estimate of drug-likeness (QED) is 0.466. The molecule has 0 spiro atoms. The molecule has 132 valence electrons. The summed E-state index contributed by atoms with van der Waals surface area (Å²) in [6.45, 7) is 6.48. The molecule has 0 aliphatic rings. The van der Waals surface area contributed by atoms with Crippen LogP contribution in [0.2, 0.25) is 0 Å². The lowest BCUT2D eigenvalue weighted by Crippen LogP contribution is -2.15. The number of aromatic amines is 1. The van der Waals surface area contributed by atoms with E-state index >= 15 is 0 Å². The van der Waals surface area contributed by atoms with Gasteiger partial charge in [0.2, 0.25) is 0 Å². The van der Waals surface area contributed by atoms with Gasteiger partial charge >= 0.3 is 5.97 Å². The van der Waals surface area contributed by atoms with Crippen molar-refractivity contribution in [2.45, 2.75) is 85.0 Å². The van der Waals surface area contributed by atoms with Gasteiger partial charge in [-0.05, 0) is 18.3 Å². The topological polar surface area (TPSA) is 53.1 Å². The number of carboxylic acid groups (broad SMARTS) is 1. The Morgan fingerprint density at radius 2 is 1.70 bits per heavy atom. The standard InChI is InChI=1S/C19H32FNO2/c1-4-5-6-7-8-9-10-11-12-19(2,3)13-15-14-21-17(16(15)20)18(22)23/h14,21H,4-13H2,1-3H3,(H,22,23). The largest absolute Gasteiger partial charge is 0.476 e. The van der Waals surface area contributed by atoms with E-state index in [2.05, 4.69) is 25.8 Å². The average molecular weight is 325 g/mol. The van der Waals surface area contributed by atoms with Crippen LogP contribution in [0.1, 0.15) is 94.6 Å². The number of rotatable bonds is 12. The van der Waals surface area contributed by atoms with Crippen LogP contribution in [0.25, 0.3) is 0 Å². The summed E-state index contributed by atoms with van der Waals surface area (Å²) in [5.41, 5.74) is 0.135. The van der Waals surface area contributed by atoms with Gasteiger partial charge in [-0.15, -0.1) is 0 Å². The van der Waals surface area contributed by atoms with E-state index in [4.69, 9.17) is 5.11 Å². The van der Waals surface area contributed by atoms with Crippen molar-refractivity contribution >= 4 is 5.97 Å². The van der Waals surface area contributed by atoms with Crippen LogP contribution >= 0.6 is 0 Å². The molecule has 1 aromatic rings. The molecule has 23 heavy (non-hydrogen) atoms. The van der Waals surface area contributed by atoms with E-state index in [-0.39, 0.29) is 11.1 Å². The van der Waals surface area contributed by atoms with Crippen LogP contribution < -0.4 is 0 Å². The third-order valence-corrected chi connectivity index (χ3v) is 4.48. The monoisotopic (exact) mass is 325 g/mol. The lowest BCUT2D eigenvalue weighted by Gasteiger charge is -2.24. The number of halogens is 1. The van der Waals surface area contributed by atoms with Crippen molar-refractivity contribution in [2.24, 2.45) is 5.41 Å². The molecule has 3 nitrogen and oxygen atoms in total. The Morgan fingerprint density at radius 1 is 1.13 bits per heavy atom. The molecule has 1 aromatic heterocycles. The van der Waals surface area contributed by atoms with E-state index in [0.29, 0.717) is 12.0 Å². The lowest BCUT2D eigenvalue weighted by atomic mass is 9.81. The third-order valence-electron chi connectivity index (χ3n) is 4.48. The number of carbonyl (C=O) groups is 1. The van der Waals surface area contributed by atoms with Gasteiger partial charge in [0.05, 0.1) is 0 Å². The molecule has 0 saturated heterocycles. The van der Waals surface area contributed by atoms with Gasteiger partial charge in [-0.1, -0.05) is 72.1 Å². The second-order valence-electron chi connectivity index (χ2n) is 7.37. The van der Waals surface area contributed by atoms with E-state index < -0.39 is 11.8 Å². The van der Waals surface area contributed by atoms with Crippen LogP contribution in [0.5, 0.6) is 0 Å². The van der Waals surface area contributed by atoms with E-state index in [1.807, 2.05) is 0 Å². The molecule has 1 heterocycles. The van der Waals surface area contributed by atoms with Gasteiger partial charge in [-0.3, -0.25) is 0 Å². The Labute approximate surface area is 139 Å². The van der Waals surface area contributed by atoms with Crippen molar-refractivity contribution in [2.75, 3.05) is 0 Å². The van der Waals surface area contributed by atoms with Crippen LogP contribution in [0.4, 0.5) is 4.39 Å². The number of aromatic carboxylic acids is 1. The number of carboxylic acids is 1. The van der Waals surface area contributed by atoms with Crippen molar-refractivity contribution in [3.05, 3.63) is 23.3 Å². The fourth-order valence-corrected chi connectivity index (χ4v) is 3.07. The highest BCUT2D eigenvalue weighted by Gasteiger charge is 2.23. The molecule has 0 unspecified atom stereocenters. The van der Waals surface area contributed by atoms with Gasteiger partial charge in [0, 0.05) is 11.8 Å². The highest BCUT2D eigenvalue weighted by Crippen LogP contribution is 2.30. The molecular weight excluding hydrogens is 293 g/mol. The second kappa shape index (κ2) is 9.74. The first-order valence-electron chi connectivity index (χ1n) is 8.96. The summed E-state index contributed by atoms with van der Waals surface area (Å²) in [4.78, 5) is 13.4. The predicted octanol–water partition coefficient (Wildman–Crippen LogP) is 5.95. The number of H-pyrrole nitrogens is 1. The Balaban J connectivity index is 2.29. The zero-order chi connectivity index (χ0) is 17.3. The van der Waals surface area contributed by atoms with Gasteiger partial charge in [0.15, 0.2) is 11.5 Å². The SMILES string of the molecule is CCCCCCCCCCC(C)(C)Cc1c[nH]c(C(=O)O)c1F. The van der Waals surface area contributed by atoms with Crippen LogP contribution in [0.15, 0.2) is 6.20 Å². The average Bonchev–Trinajstić information content (AvgIpc) is 2.82. The molecule has 0 atom stereocenters. The lowest BCUT2D eigenvalue weighted by molar-refractivity contribution is 0.0686. The molecule has 0 fully saturated rings. The summed E-state index contributed by atoms with van der Waals surface area (Å²) in [6, 6.07) is 0. The maximum absolute atomic E-state index is 14.0. The van der Waals surface area contributed by atoms with Crippen molar-refractivity contribution in [3.8, 4) is 0 Å².